The number of hydrogen-bond donors (Lipinski definition) is 2. The average molecular weight is 274 g/mol. The maximum atomic E-state index is 11.5. The number of amides is 1. The maximum Gasteiger partial charge on any atom is 0.221 e. The van der Waals surface area contributed by atoms with Crippen molar-refractivity contribution in [2.45, 2.75) is 32.1 Å². The molecule has 2 rings (SSSR count). The molecule has 2 aliphatic rings. The van der Waals surface area contributed by atoms with E-state index >= 15 is 0 Å². The van der Waals surface area contributed by atoms with Gasteiger partial charge < -0.3 is 5.32 Å². The third kappa shape index (κ3) is 3.95. The van der Waals surface area contributed by atoms with Gasteiger partial charge in [0.25, 0.3) is 0 Å². The SMILES string of the molecule is CS(=O)(=O)NCCC(=O)NCC1CC2CCC1C2. The second-order valence-corrected chi connectivity index (χ2v) is 7.49. The molecular weight excluding hydrogens is 252 g/mol. The zero-order valence-corrected chi connectivity index (χ0v) is 11.6. The fourth-order valence-electron chi connectivity index (χ4n) is 3.31. The summed E-state index contributed by atoms with van der Waals surface area (Å²) in [5.41, 5.74) is 0. The van der Waals surface area contributed by atoms with Gasteiger partial charge in [-0.05, 0) is 37.0 Å². The first-order valence-electron chi connectivity index (χ1n) is 6.65. The minimum Gasteiger partial charge on any atom is -0.356 e. The van der Waals surface area contributed by atoms with E-state index in [9.17, 15) is 13.2 Å². The molecule has 0 aromatic heterocycles. The van der Waals surface area contributed by atoms with Crippen molar-refractivity contribution in [1.82, 2.24) is 10.0 Å². The van der Waals surface area contributed by atoms with Crippen molar-refractivity contribution in [2.24, 2.45) is 17.8 Å². The lowest BCUT2D eigenvalue weighted by Gasteiger charge is -2.21. The molecule has 18 heavy (non-hydrogen) atoms. The van der Waals surface area contributed by atoms with Gasteiger partial charge in [0.2, 0.25) is 15.9 Å². The van der Waals surface area contributed by atoms with E-state index in [-0.39, 0.29) is 18.9 Å². The molecule has 2 bridgehead atoms. The topological polar surface area (TPSA) is 75.3 Å². The number of carbonyl (C=O) groups excluding carboxylic acids is 1. The van der Waals surface area contributed by atoms with Crippen LogP contribution in [0.1, 0.15) is 32.1 Å². The minimum absolute atomic E-state index is 0.0612. The fourth-order valence-corrected chi connectivity index (χ4v) is 3.78. The number of hydrogen-bond acceptors (Lipinski definition) is 3. The molecule has 3 unspecified atom stereocenters. The van der Waals surface area contributed by atoms with Crippen LogP contribution in [0, 0.1) is 17.8 Å². The Kier molecular flexibility index (Phi) is 4.27. The molecule has 1 amide bonds. The van der Waals surface area contributed by atoms with Crippen LogP contribution in [0.4, 0.5) is 0 Å². The zero-order chi connectivity index (χ0) is 13.2. The van der Waals surface area contributed by atoms with Gasteiger partial charge in [-0.15, -0.1) is 0 Å². The van der Waals surface area contributed by atoms with Gasteiger partial charge in [-0.3, -0.25) is 4.79 Å². The molecule has 6 heteroatoms. The van der Waals surface area contributed by atoms with Gasteiger partial charge in [0.1, 0.15) is 0 Å². The van der Waals surface area contributed by atoms with Crippen molar-refractivity contribution in [3.05, 3.63) is 0 Å². The first-order chi connectivity index (χ1) is 8.44. The average Bonchev–Trinajstić information content (AvgIpc) is 2.86. The highest BCUT2D eigenvalue weighted by Crippen LogP contribution is 2.47. The third-order valence-electron chi connectivity index (χ3n) is 4.16. The van der Waals surface area contributed by atoms with Crippen molar-refractivity contribution in [1.29, 1.82) is 0 Å². The van der Waals surface area contributed by atoms with Crippen molar-refractivity contribution < 1.29 is 13.2 Å². The summed E-state index contributed by atoms with van der Waals surface area (Å²) in [6.45, 7) is 0.945. The van der Waals surface area contributed by atoms with Gasteiger partial charge >= 0.3 is 0 Å². The van der Waals surface area contributed by atoms with Crippen LogP contribution in [-0.4, -0.2) is 33.7 Å². The van der Waals surface area contributed by atoms with E-state index in [2.05, 4.69) is 10.0 Å². The Morgan fingerprint density at radius 1 is 1.28 bits per heavy atom. The van der Waals surface area contributed by atoms with Crippen LogP contribution >= 0.6 is 0 Å². The largest absolute Gasteiger partial charge is 0.356 e. The standard InChI is InChI=1S/C12H22N2O3S/c1-18(16,17)14-5-4-12(15)13-8-11-7-9-2-3-10(11)6-9/h9-11,14H,2-8H2,1H3,(H,13,15). The molecule has 2 aliphatic carbocycles. The Bertz CT molecular complexity index is 408. The summed E-state index contributed by atoms with van der Waals surface area (Å²) >= 11 is 0. The molecule has 3 atom stereocenters. The lowest BCUT2D eigenvalue weighted by molar-refractivity contribution is -0.121. The molecule has 2 N–H and O–H groups in total. The van der Waals surface area contributed by atoms with Gasteiger partial charge in [-0.25, -0.2) is 13.1 Å². The second kappa shape index (κ2) is 5.57. The van der Waals surface area contributed by atoms with Gasteiger partial charge in [-0.1, -0.05) is 6.42 Å². The third-order valence-corrected chi connectivity index (χ3v) is 4.89. The number of sulfonamides is 1. The smallest absolute Gasteiger partial charge is 0.221 e. The van der Waals surface area contributed by atoms with Crippen LogP contribution in [-0.2, 0) is 14.8 Å². The van der Waals surface area contributed by atoms with E-state index in [1.54, 1.807) is 0 Å². The van der Waals surface area contributed by atoms with Crippen LogP contribution in [0.3, 0.4) is 0 Å². The van der Waals surface area contributed by atoms with Crippen molar-refractivity contribution in [2.75, 3.05) is 19.3 Å². The summed E-state index contributed by atoms with van der Waals surface area (Å²) in [7, 11) is -3.19. The van der Waals surface area contributed by atoms with Crippen molar-refractivity contribution >= 4 is 15.9 Å². The second-order valence-electron chi connectivity index (χ2n) is 5.66. The number of rotatable bonds is 6. The van der Waals surface area contributed by atoms with Crippen LogP contribution < -0.4 is 10.0 Å². The summed E-state index contributed by atoms with van der Waals surface area (Å²) in [5, 5.41) is 2.92. The Balaban J connectivity index is 1.60. The molecule has 0 spiro atoms. The molecule has 5 nitrogen and oxygen atoms in total. The normalized spacial score (nSPS) is 30.6. The summed E-state index contributed by atoms with van der Waals surface area (Å²) in [4.78, 5) is 11.5. The van der Waals surface area contributed by atoms with E-state index in [1.165, 1.54) is 25.7 Å². The highest BCUT2D eigenvalue weighted by Gasteiger charge is 2.39. The highest BCUT2D eigenvalue weighted by molar-refractivity contribution is 7.88. The minimum atomic E-state index is -3.19. The van der Waals surface area contributed by atoms with E-state index < -0.39 is 10.0 Å². The molecule has 2 fully saturated rings. The predicted molar refractivity (Wildman–Crippen MR) is 69.4 cm³/mol. The maximum absolute atomic E-state index is 11.5. The van der Waals surface area contributed by atoms with Gasteiger partial charge in [-0.2, -0.15) is 0 Å². The quantitative estimate of drug-likeness (QED) is 0.739. The van der Waals surface area contributed by atoms with Crippen LogP contribution in [0.2, 0.25) is 0 Å². The first-order valence-corrected chi connectivity index (χ1v) is 8.54. The summed E-state index contributed by atoms with van der Waals surface area (Å²) in [6.07, 6.45) is 6.60. The van der Waals surface area contributed by atoms with Gasteiger partial charge in [0, 0.05) is 19.5 Å². The Hall–Kier alpha value is -0.620. The van der Waals surface area contributed by atoms with Crippen molar-refractivity contribution in [3.8, 4) is 0 Å². The lowest BCUT2D eigenvalue weighted by atomic mass is 9.89. The molecule has 2 saturated carbocycles. The summed E-state index contributed by atoms with van der Waals surface area (Å²) in [6, 6.07) is 0. The number of carbonyl (C=O) groups is 1. The molecule has 0 radical (unpaired) electrons. The molecule has 0 aromatic carbocycles. The van der Waals surface area contributed by atoms with Gasteiger partial charge in [0.05, 0.1) is 6.26 Å². The van der Waals surface area contributed by atoms with Gasteiger partial charge in [0.15, 0.2) is 0 Å². The summed E-state index contributed by atoms with van der Waals surface area (Å²) < 4.78 is 24.0. The molecule has 0 heterocycles. The van der Waals surface area contributed by atoms with Crippen LogP contribution in [0.25, 0.3) is 0 Å². The number of nitrogens with one attached hydrogen (secondary N) is 2. The summed E-state index contributed by atoms with van der Waals surface area (Å²) in [5.74, 6) is 2.29. The predicted octanol–water partition coefficient (Wildman–Crippen LogP) is 0.478. The van der Waals surface area contributed by atoms with Crippen molar-refractivity contribution in [3.63, 3.8) is 0 Å². The van der Waals surface area contributed by atoms with E-state index in [0.29, 0.717) is 5.92 Å². The van der Waals surface area contributed by atoms with Crippen LogP contribution in [0.15, 0.2) is 0 Å². The Morgan fingerprint density at radius 2 is 2.06 bits per heavy atom. The zero-order valence-electron chi connectivity index (χ0n) is 10.8. The highest BCUT2D eigenvalue weighted by atomic mass is 32.2. The van der Waals surface area contributed by atoms with E-state index in [1.807, 2.05) is 0 Å². The number of fused-ring (bicyclic) bond motifs is 2. The monoisotopic (exact) mass is 274 g/mol. The Morgan fingerprint density at radius 3 is 2.61 bits per heavy atom. The Labute approximate surface area is 109 Å². The fraction of sp³-hybridized carbons (Fsp3) is 0.917. The van der Waals surface area contributed by atoms with E-state index in [0.717, 1.165) is 24.6 Å². The molecular formula is C12H22N2O3S. The van der Waals surface area contributed by atoms with E-state index in [4.69, 9.17) is 0 Å². The van der Waals surface area contributed by atoms with Crippen LogP contribution in [0.5, 0.6) is 0 Å². The molecule has 0 aromatic rings. The molecule has 0 aliphatic heterocycles. The molecule has 0 saturated heterocycles. The first kappa shape index (κ1) is 13.8. The molecule has 104 valence electrons. The lowest BCUT2D eigenvalue weighted by Crippen LogP contribution is -2.34.